The molecule has 2 aromatic carbocycles. The van der Waals surface area contributed by atoms with Gasteiger partial charge in [-0.1, -0.05) is 12.1 Å². The topological polar surface area (TPSA) is 114 Å². The molecule has 2 amide bonds. The summed E-state index contributed by atoms with van der Waals surface area (Å²) in [7, 11) is 0. The maximum atomic E-state index is 12.8. The number of hydrogen-bond donors (Lipinski definition) is 1. The quantitative estimate of drug-likeness (QED) is 0.526. The Labute approximate surface area is 191 Å². The lowest BCUT2D eigenvalue weighted by atomic mass is 10.1. The van der Waals surface area contributed by atoms with Gasteiger partial charge in [0.1, 0.15) is 6.61 Å². The molecule has 2 aliphatic rings. The number of carbonyl (C=O) groups excluding carboxylic acids is 2. The number of ether oxygens (including phenoxy) is 2. The number of nitrogens with zero attached hydrogens (tertiary/aromatic N) is 3. The van der Waals surface area contributed by atoms with Gasteiger partial charge in [0.2, 0.25) is 12.0 Å². The van der Waals surface area contributed by atoms with Gasteiger partial charge < -0.3 is 19.7 Å². The van der Waals surface area contributed by atoms with Crippen molar-refractivity contribution in [2.24, 2.45) is 0 Å². The third kappa shape index (κ3) is 5.40. The SMILES string of the molecule is Cc1cc([N+](=O)[O-])ccc1NC(=O)CCN1CCN(C(=O)[C@H]2COc3ccccc3O2)CC1. The zero-order chi connectivity index (χ0) is 23.4. The highest BCUT2D eigenvalue weighted by Crippen LogP contribution is 2.31. The Morgan fingerprint density at radius 3 is 2.55 bits per heavy atom. The van der Waals surface area contributed by atoms with Gasteiger partial charge in [-0.2, -0.15) is 0 Å². The third-order valence-corrected chi connectivity index (χ3v) is 5.82. The van der Waals surface area contributed by atoms with Gasteiger partial charge in [-0.25, -0.2) is 0 Å². The Morgan fingerprint density at radius 2 is 1.85 bits per heavy atom. The highest BCUT2D eigenvalue weighted by atomic mass is 16.6. The number of nitrogens with one attached hydrogen (secondary N) is 1. The van der Waals surface area contributed by atoms with Gasteiger partial charge in [0.25, 0.3) is 11.6 Å². The van der Waals surface area contributed by atoms with Crippen LogP contribution in [-0.4, -0.2) is 72.0 Å². The predicted octanol–water partition coefficient (Wildman–Crippen LogP) is 2.22. The molecule has 10 nitrogen and oxygen atoms in total. The summed E-state index contributed by atoms with van der Waals surface area (Å²) >= 11 is 0. The summed E-state index contributed by atoms with van der Waals surface area (Å²) in [6, 6.07) is 11.7. The van der Waals surface area contributed by atoms with Gasteiger partial charge in [-0.05, 0) is 30.7 Å². The molecule has 2 aliphatic heterocycles. The van der Waals surface area contributed by atoms with E-state index in [2.05, 4.69) is 10.2 Å². The van der Waals surface area contributed by atoms with Crippen molar-refractivity contribution in [3.05, 3.63) is 58.1 Å². The van der Waals surface area contributed by atoms with E-state index in [1.807, 2.05) is 18.2 Å². The lowest BCUT2D eigenvalue weighted by Gasteiger charge is -2.37. The molecule has 0 spiro atoms. The number of aryl methyl sites for hydroxylation is 1. The Hall–Kier alpha value is -3.66. The van der Waals surface area contributed by atoms with E-state index in [9.17, 15) is 19.7 Å². The molecule has 33 heavy (non-hydrogen) atoms. The van der Waals surface area contributed by atoms with Gasteiger partial charge in [-0.15, -0.1) is 0 Å². The van der Waals surface area contributed by atoms with E-state index in [1.165, 1.54) is 12.1 Å². The van der Waals surface area contributed by atoms with Gasteiger partial charge in [0.05, 0.1) is 4.92 Å². The Morgan fingerprint density at radius 1 is 1.12 bits per heavy atom. The van der Waals surface area contributed by atoms with Crippen molar-refractivity contribution in [1.82, 2.24) is 9.80 Å². The second kappa shape index (κ2) is 9.86. The zero-order valence-electron chi connectivity index (χ0n) is 18.4. The number of rotatable bonds is 6. The Bertz CT molecular complexity index is 1050. The first kappa shape index (κ1) is 22.5. The summed E-state index contributed by atoms with van der Waals surface area (Å²) in [5, 5.41) is 13.7. The number of piperazine rings is 1. The van der Waals surface area contributed by atoms with Crippen molar-refractivity contribution in [1.29, 1.82) is 0 Å². The highest BCUT2D eigenvalue weighted by Gasteiger charge is 2.32. The van der Waals surface area contributed by atoms with Crippen molar-refractivity contribution < 1.29 is 24.0 Å². The van der Waals surface area contributed by atoms with Crippen LogP contribution < -0.4 is 14.8 Å². The molecule has 2 aromatic rings. The molecule has 0 bridgehead atoms. The maximum Gasteiger partial charge on any atom is 0.269 e. The van der Waals surface area contributed by atoms with E-state index in [-0.39, 0.29) is 24.1 Å². The monoisotopic (exact) mass is 454 g/mol. The number of fused-ring (bicyclic) bond motifs is 1. The highest BCUT2D eigenvalue weighted by molar-refractivity contribution is 5.91. The van der Waals surface area contributed by atoms with Crippen molar-refractivity contribution in [3.63, 3.8) is 0 Å². The van der Waals surface area contributed by atoms with Crippen LogP contribution in [0.1, 0.15) is 12.0 Å². The predicted molar refractivity (Wildman–Crippen MR) is 120 cm³/mol. The number of amides is 2. The van der Waals surface area contributed by atoms with E-state index < -0.39 is 11.0 Å². The van der Waals surface area contributed by atoms with Gasteiger partial charge in [0.15, 0.2) is 11.5 Å². The molecule has 1 saturated heterocycles. The first-order chi connectivity index (χ1) is 15.9. The van der Waals surface area contributed by atoms with Crippen molar-refractivity contribution in [2.75, 3.05) is 44.6 Å². The summed E-state index contributed by atoms with van der Waals surface area (Å²) in [4.78, 5) is 39.5. The molecule has 10 heteroatoms. The minimum Gasteiger partial charge on any atom is -0.485 e. The summed E-state index contributed by atoms with van der Waals surface area (Å²) in [6.07, 6.45) is -0.358. The van der Waals surface area contributed by atoms with Crippen LogP contribution in [-0.2, 0) is 9.59 Å². The zero-order valence-corrected chi connectivity index (χ0v) is 18.4. The molecule has 0 aliphatic carbocycles. The number of non-ortho nitro benzene ring substituents is 1. The molecule has 2 heterocycles. The molecular weight excluding hydrogens is 428 g/mol. The molecular formula is C23H26N4O6. The number of nitro groups is 1. The fraction of sp³-hybridized carbons (Fsp3) is 0.391. The minimum absolute atomic E-state index is 0.00712. The lowest BCUT2D eigenvalue weighted by molar-refractivity contribution is -0.384. The molecule has 0 saturated carbocycles. The van der Waals surface area contributed by atoms with E-state index in [0.29, 0.717) is 61.9 Å². The van der Waals surface area contributed by atoms with Crippen LogP contribution in [0.5, 0.6) is 11.5 Å². The summed E-state index contributed by atoms with van der Waals surface area (Å²) in [5.74, 6) is 0.982. The van der Waals surface area contributed by atoms with Crippen LogP contribution in [0.25, 0.3) is 0 Å². The molecule has 0 radical (unpaired) electrons. The minimum atomic E-state index is -0.651. The number of anilines is 1. The fourth-order valence-corrected chi connectivity index (χ4v) is 3.91. The van der Waals surface area contributed by atoms with Gasteiger partial charge >= 0.3 is 0 Å². The Balaban J connectivity index is 1.21. The van der Waals surface area contributed by atoms with Crippen molar-refractivity contribution >= 4 is 23.2 Å². The average molecular weight is 454 g/mol. The average Bonchev–Trinajstić information content (AvgIpc) is 2.83. The van der Waals surface area contributed by atoms with Crippen molar-refractivity contribution in [3.8, 4) is 11.5 Å². The number of benzene rings is 2. The molecule has 1 N–H and O–H groups in total. The Kier molecular flexibility index (Phi) is 6.74. The first-order valence-corrected chi connectivity index (χ1v) is 10.9. The largest absolute Gasteiger partial charge is 0.485 e. The van der Waals surface area contributed by atoms with Crippen LogP contribution in [0, 0.1) is 17.0 Å². The fourth-order valence-electron chi connectivity index (χ4n) is 3.91. The number of nitro benzene ring substituents is 1. The lowest BCUT2D eigenvalue weighted by Crippen LogP contribution is -2.54. The number of hydrogen-bond acceptors (Lipinski definition) is 7. The van der Waals surface area contributed by atoms with Crippen molar-refractivity contribution in [2.45, 2.75) is 19.4 Å². The second-order valence-electron chi connectivity index (χ2n) is 8.09. The standard InChI is InChI=1S/C23H26N4O6/c1-16-14-17(27(30)31)6-7-18(16)24-22(28)8-9-25-10-12-26(13-11-25)23(29)21-15-32-19-4-2-3-5-20(19)33-21/h2-7,14,21H,8-13,15H2,1H3,(H,24,28)/t21-/m1/s1. The normalized spacial score (nSPS) is 18.0. The molecule has 4 rings (SSSR count). The molecule has 174 valence electrons. The summed E-state index contributed by atoms with van der Waals surface area (Å²) in [6.45, 7) is 4.93. The van der Waals surface area contributed by atoms with E-state index in [1.54, 1.807) is 24.0 Å². The molecule has 1 atom stereocenters. The van der Waals surface area contributed by atoms with Crippen LogP contribution >= 0.6 is 0 Å². The van der Waals surface area contributed by atoms with Crippen LogP contribution in [0.15, 0.2) is 42.5 Å². The van der Waals surface area contributed by atoms with Gasteiger partial charge in [-0.3, -0.25) is 24.6 Å². The summed E-state index contributed by atoms with van der Waals surface area (Å²) in [5.41, 5.74) is 1.20. The van der Waals surface area contributed by atoms with Crippen LogP contribution in [0.4, 0.5) is 11.4 Å². The number of carbonyl (C=O) groups is 2. The molecule has 1 fully saturated rings. The van der Waals surface area contributed by atoms with Gasteiger partial charge in [0, 0.05) is 57.0 Å². The van der Waals surface area contributed by atoms with E-state index in [4.69, 9.17) is 9.47 Å². The molecule has 0 unspecified atom stereocenters. The first-order valence-electron chi connectivity index (χ1n) is 10.9. The molecule has 0 aromatic heterocycles. The van der Waals surface area contributed by atoms with Crippen LogP contribution in [0.3, 0.4) is 0 Å². The maximum absolute atomic E-state index is 12.8. The smallest absolute Gasteiger partial charge is 0.269 e. The van der Waals surface area contributed by atoms with E-state index >= 15 is 0 Å². The summed E-state index contributed by atoms with van der Waals surface area (Å²) < 4.78 is 11.5. The third-order valence-electron chi connectivity index (χ3n) is 5.82. The van der Waals surface area contributed by atoms with Crippen LogP contribution in [0.2, 0.25) is 0 Å². The van der Waals surface area contributed by atoms with E-state index in [0.717, 1.165) is 0 Å². The number of para-hydroxylation sites is 2. The second-order valence-corrected chi connectivity index (χ2v) is 8.09.